The van der Waals surface area contributed by atoms with Gasteiger partial charge in [0.1, 0.15) is 5.82 Å². The molecule has 0 amide bonds. The van der Waals surface area contributed by atoms with Crippen LogP contribution in [0.5, 0.6) is 0 Å². The number of nitrogens with one attached hydrogen (secondary N) is 1. The van der Waals surface area contributed by atoms with Gasteiger partial charge in [-0.15, -0.1) is 0 Å². The van der Waals surface area contributed by atoms with E-state index in [4.69, 9.17) is 9.72 Å². The lowest BCUT2D eigenvalue weighted by atomic mass is 10.3. The molecule has 0 atom stereocenters. The smallest absolute Gasteiger partial charge is 0.211 e. The van der Waals surface area contributed by atoms with Gasteiger partial charge in [0.05, 0.1) is 30.0 Å². The minimum Gasteiger partial charge on any atom is -0.379 e. The van der Waals surface area contributed by atoms with Gasteiger partial charge in [0.15, 0.2) is 0 Å². The monoisotopic (exact) mass is 394 g/mol. The second-order valence-corrected chi connectivity index (χ2v) is 8.87. The van der Waals surface area contributed by atoms with Crippen LogP contribution in [-0.2, 0) is 27.7 Å². The summed E-state index contributed by atoms with van der Waals surface area (Å²) in [6.07, 6.45) is 2.15. The average Bonchev–Trinajstić information content (AvgIpc) is 3.03. The molecule has 0 saturated carbocycles. The van der Waals surface area contributed by atoms with Gasteiger partial charge >= 0.3 is 0 Å². The molecule has 8 heteroatoms. The molecule has 1 saturated heterocycles. The molecule has 1 aromatic heterocycles. The Kier molecular flexibility index (Phi) is 7.23. The van der Waals surface area contributed by atoms with Gasteiger partial charge in [0.2, 0.25) is 10.0 Å². The van der Waals surface area contributed by atoms with E-state index in [-0.39, 0.29) is 5.75 Å². The average molecular weight is 395 g/mol. The van der Waals surface area contributed by atoms with E-state index in [0.717, 1.165) is 62.7 Å². The third-order valence-electron chi connectivity index (χ3n) is 4.91. The summed E-state index contributed by atoms with van der Waals surface area (Å²) in [5.74, 6) is 1.12. The fourth-order valence-electron chi connectivity index (χ4n) is 3.36. The predicted molar refractivity (Wildman–Crippen MR) is 107 cm³/mol. The van der Waals surface area contributed by atoms with E-state index >= 15 is 0 Å². The van der Waals surface area contributed by atoms with Gasteiger partial charge in [0, 0.05) is 39.1 Å². The lowest BCUT2D eigenvalue weighted by Gasteiger charge is -2.27. The van der Waals surface area contributed by atoms with Crippen LogP contribution in [0.25, 0.3) is 11.0 Å². The molecular weight excluding hydrogens is 364 g/mol. The van der Waals surface area contributed by atoms with Crippen LogP contribution < -0.4 is 4.72 Å². The number of imidazole rings is 1. The Bertz CT molecular complexity index is 829. The van der Waals surface area contributed by atoms with Crippen LogP contribution >= 0.6 is 0 Å². The molecule has 0 radical (unpaired) electrons. The standard InChI is InChI=1S/C19H30N4O3S/c1-2-3-16-27(24,25)20-9-8-19-21-17-6-4-5-7-18(17)23(19)11-10-22-12-14-26-15-13-22/h4-7,20H,2-3,8-16H2,1H3. The van der Waals surface area contributed by atoms with E-state index in [0.29, 0.717) is 19.4 Å². The largest absolute Gasteiger partial charge is 0.379 e. The van der Waals surface area contributed by atoms with E-state index < -0.39 is 10.0 Å². The molecule has 3 rings (SSSR count). The Balaban J connectivity index is 1.66. The number of morpholine rings is 1. The van der Waals surface area contributed by atoms with Gasteiger partial charge in [-0.2, -0.15) is 0 Å². The number of fused-ring (bicyclic) bond motifs is 1. The van der Waals surface area contributed by atoms with Gasteiger partial charge in [-0.05, 0) is 18.6 Å². The molecule has 1 aliphatic rings. The highest BCUT2D eigenvalue weighted by atomic mass is 32.2. The van der Waals surface area contributed by atoms with E-state index in [1.807, 2.05) is 25.1 Å². The Morgan fingerprint density at radius 2 is 1.96 bits per heavy atom. The van der Waals surface area contributed by atoms with Crippen LogP contribution in [0.15, 0.2) is 24.3 Å². The van der Waals surface area contributed by atoms with Crippen molar-refractivity contribution in [2.75, 3.05) is 45.1 Å². The lowest BCUT2D eigenvalue weighted by molar-refractivity contribution is 0.0364. The van der Waals surface area contributed by atoms with Crippen LogP contribution in [0.4, 0.5) is 0 Å². The topological polar surface area (TPSA) is 76.5 Å². The fourth-order valence-corrected chi connectivity index (χ4v) is 4.58. The summed E-state index contributed by atoms with van der Waals surface area (Å²) in [6.45, 7) is 7.66. The van der Waals surface area contributed by atoms with Crippen molar-refractivity contribution in [3.8, 4) is 0 Å². The molecule has 1 fully saturated rings. The quantitative estimate of drug-likeness (QED) is 0.663. The first-order valence-electron chi connectivity index (χ1n) is 9.80. The molecule has 1 aliphatic heterocycles. The molecule has 1 N–H and O–H groups in total. The van der Waals surface area contributed by atoms with E-state index in [1.165, 1.54) is 0 Å². The number of hydrogen-bond donors (Lipinski definition) is 1. The second kappa shape index (κ2) is 9.64. The maximum Gasteiger partial charge on any atom is 0.211 e. The SMILES string of the molecule is CCCCS(=O)(=O)NCCc1nc2ccccc2n1CCN1CCOCC1. The minimum atomic E-state index is -3.20. The van der Waals surface area contributed by atoms with Crippen molar-refractivity contribution in [1.82, 2.24) is 19.2 Å². The molecule has 0 aliphatic carbocycles. The molecule has 0 bridgehead atoms. The zero-order valence-electron chi connectivity index (χ0n) is 16.1. The van der Waals surface area contributed by atoms with Gasteiger partial charge in [-0.25, -0.2) is 18.1 Å². The Morgan fingerprint density at radius 3 is 2.74 bits per heavy atom. The molecular formula is C19H30N4O3S. The number of aromatic nitrogens is 2. The maximum absolute atomic E-state index is 12.0. The van der Waals surface area contributed by atoms with Crippen molar-refractivity contribution in [3.05, 3.63) is 30.1 Å². The molecule has 2 heterocycles. The summed E-state index contributed by atoms with van der Waals surface area (Å²) in [4.78, 5) is 7.14. The van der Waals surface area contributed by atoms with E-state index in [1.54, 1.807) is 0 Å². The molecule has 0 spiro atoms. The highest BCUT2D eigenvalue weighted by molar-refractivity contribution is 7.89. The first-order valence-corrected chi connectivity index (χ1v) is 11.5. The van der Waals surface area contributed by atoms with Gasteiger partial charge in [0.25, 0.3) is 0 Å². The maximum atomic E-state index is 12.0. The Labute approximate surface area is 161 Å². The summed E-state index contributed by atoms with van der Waals surface area (Å²) in [7, 11) is -3.20. The number of benzene rings is 1. The van der Waals surface area contributed by atoms with Gasteiger partial charge < -0.3 is 9.30 Å². The summed E-state index contributed by atoms with van der Waals surface area (Å²) in [6, 6.07) is 8.09. The Hall–Kier alpha value is -1.48. The number of ether oxygens (including phenoxy) is 1. The molecule has 0 unspecified atom stereocenters. The van der Waals surface area contributed by atoms with E-state index in [2.05, 4.69) is 20.3 Å². The van der Waals surface area contributed by atoms with Crippen LogP contribution in [-0.4, -0.2) is 68.0 Å². The van der Waals surface area contributed by atoms with Crippen LogP contribution in [0, 0.1) is 0 Å². The molecule has 7 nitrogen and oxygen atoms in total. The van der Waals surface area contributed by atoms with Gasteiger partial charge in [-0.3, -0.25) is 4.90 Å². The third-order valence-corrected chi connectivity index (χ3v) is 6.38. The van der Waals surface area contributed by atoms with Crippen molar-refractivity contribution in [2.45, 2.75) is 32.7 Å². The van der Waals surface area contributed by atoms with E-state index in [9.17, 15) is 8.42 Å². The van der Waals surface area contributed by atoms with Crippen molar-refractivity contribution < 1.29 is 13.2 Å². The zero-order chi connectivity index (χ0) is 19.1. The summed E-state index contributed by atoms with van der Waals surface area (Å²) >= 11 is 0. The number of para-hydroxylation sites is 2. The van der Waals surface area contributed by atoms with Crippen LogP contribution in [0.2, 0.25) is 0 Å². The van der Waals surface area contributed by atoms with Crippen molar-refractivity contribution in [1.29, 1.82) is 0 Å². The summed E-state index contributed by atoms with van der Waals surface area (Å²) < 4.78 is 34.4. The number of nitrogens with zero attached hydrogens (tertiary/aromatic N) is 3. The van der Waals surface area contributed by atoms with Crippen molar-refractivity contribution in [2.24, 2.45) is 0 Å². The highest BCUT2D eigenvalue weighted by Crippen LogP contribution is 2.16. The highest BCUT2D eigenvalue weighted by Gasteiger charge is 2.15. The predicted octanol–water partition coefficient (Wildman–Crippen LogP) is 1.63. The van der Waals surface area contributed by atoms with Crippen molar-refractivity contribution in [3.63, 3.8) is 0 Å². The van der Waals surface area contributed by atoms with Crippen LogP contribution in [0.3, 0.4) is 0 Å². The number of hydrogen-bond acceptors (Lipinski definition) is 5. The first kappa shape index (κ1) is 20.3. The van der Waals surface area contributed by atoms with Crippen molar-refractivity contribution >= 4 is 21.1 Å². The third kappa shape index (κ3) is 5.75. The molecule has 150 valence electrons. The molecule has 27 heavy (non-hydrogen) atoms. The molecule has 1 aromatic carbocycles. The summed E-state index contributed by atoms with van der Waals surface area (Å²) in [5.41, 5.74) is 2.07. The number of unbranched alkanes of at least 4 members (excludes halogenated alkanes) is 1. The van der Waals surface area contributed by atoms with Gasteiger partial charge in [-0.1, -0.05) is 25.5 Å². The minimum absolute atomic E-state index is 0.191. The summed E-state index contributed by atoms with van der Waals surface area (Å²) in [5, 5.41) is 0. The molecule has 2 aromatic rings. The Morgan fingerprint density at radius 1 is 1.19 bits per heavy atom. The normalized spacial score (nSPS) is 16.2. The number of rotatable bonds is 10. The first-order chi connectivity index (χ1) is 13.1. The zero-order valence-corrected chi connectivity index (χ0v) is 16.9. The second-order valence-electron chi connectivity index (χ2n) is 6.94. The lowest BCUT2D eigenvalue weighted by Crippen LogP contribution is -2.38. The van der Waals surface area contributed by atoms with Crippen LogP contribution in [0.1, 0.15) is 25.6 Å². The number of sulfonamides is 1. The fraction of sp³-hybridized carbons (Fsp3) is 0.632.